The van der Waals surface area contributed by atoms with Gasteiger partial charge in [0.25, 0.3) is 23.6 Å². The van der Waals surface area contributed by atoms with Crippen molar-refractivity contribution < 1.29 is 47.8 Å². The van der Waals surface area contributed by atoms with Gasteiger partial charge < -0.3 is 41.4 Å². The maximum absolute atomic E-state index is 14.1. The summed E-state index contributed by atoms with van der Waals surface area (Å²) in [5.74, 6) is -5.56. The van der Waals surface area contributed by atoms with E-state index in [1.165, 1.54) is 14.2 Å². The lowest BCUT2D eigenvalue weighted by Crippen LogP contribution is -2.56. The van der Waals surface area contributed by atoms with E-state index < -0.39 is 83.1 Å². The molecule has 2 aliphatic rings. The summed E-state index contributed by atoms with van der Waals surface area (Å²) in [7, 11) is 2.96. The highest BCUT2D eigenvalue weighted by atomic mass is 16.5. The number of methoxy groups -OCH3 is 2. The van der Waals surface area contributed by atoms with E-state index in [2.05, 4.69) is 31.9 Å². The van der Waals surface area contributed by atoms with E-state index in [4.69, 9.17) is 9.47 Å². The monoisotopic (exact) mass is 942 g/mol. The number of amides is 6. The second kappa shape index (κ2) is 23.6. The molecule has 0 heterocycles. The Bertz CT molecular complexity index is 2520. The third-order valence-corrected chi connectivity index (χ3v) is 12.1. The predicted octanol–water partition coefficient (Wildman–Crippen LogP) is 4.15. The highest BCUT2D eigenvalue weighted by molar-refractivity contribution is 6.39. The molecule has 6 atom stereocenters. The molecule has 6 amide bonds. The molecule has 16 nitrogen and oxygen atoms in total. The average Bonchev–Trinajstić information content (AvgIpc) is 4.30. The van der Waals surface area contributed by atoms with E-state index in [1.54, 1.807) is 105 Å². The van der Waals surface area contributed by atoms with Crippen LogP contribution in [0.5, 0.6) is 11.5 Å². The maximum atomic E-state index is 14.1. The average molecular weight is 943 g/mol. The first kappa shape index (κ1) is 51.0. The highest BCUT2D eigenvalue weighted by Crippen LogP contribution is 2.42. The number of Topliss-reactive ketones (excluding diaryl/α,β-unsaturated/α-hetero) is 2. The van der Waals surface area contributed by atoms with Gasteiger partial charge in [0.1, 0.15) is 35.7 Å². The fourth-order valence-electron chi connectivity index (χ4n) is 8.07. The summed E-state index contributed by atoms with van der Waals surface area (Å²) < 4.78 is 10.5. The van der Waals surface area contributed by atoms with Crippen molar-refractivity contribution in [1.29, 1.82) is 0 Å². The number of nitrogens with one attached hydrogen (secondary N) is 6. The third kappa shape index (κ3) is 14.3. The summed E-state index contributed by atoms with van der Waals surface area (Å²) in [5, 5.41) is 16.7. The van der Waals surface area contributed by atoms with Crippen LogP contribution in [-0.2, 0) is 41.6 Å². The van der Waals surface area contributed by atoms with E-state index in [0.717, 1.165) is 18.4 Å². The summed E-state index contributed by atoms with van der Waals surface area (Å²) in [5.41, 5.74) is 2.62. The topological polar surface area (TPSA) is 227 Å². The minimum atomic E-state index is -1.31. The fourth-order valence-corrected chi connectivity index (χ4v) is 8.07. The van der Waals surface area contributed by atoms with Crippen LogP contribution in [0, 0.1) is 11.8 Å². The summed E-state index contributed by atoms with van der Waals surface area (Å²) in [6.45, 7) is 7.30. The van der Waals surface area contributed by atoms with E-state index in [9.17, 15) is 38.4 Å². The number of carbonyl (C=O) groups excluding carboxylic acids is 8. The molecule has 0 spiro atoms. The molecule has 0 aromatic heterocycles. The third-order valence-electron chi connectivity index (χ3n) is 12.1. The van der Waals surface area contributed by atoms with Crippen LogP contribution in [0.3, 0.4) is 0 Å². The van der Waals surface area contributed by atoms with Crippen molar-refractivity contribution in [1.82, 2.24) is 31.9 Å². The van der Waals surface area contributed by atoms with Crippen LogP contribution < -0.4 is 41.4 Å². The van der Waals surface area contributed by atoms with Gasteiger partial charge in [-0.2, -0.15) is 0 Å². The first-order valence-electron chi connectivity index (χ1n) is 23.4. The van der Waals surface area contributed by atoms with Crippen LogP contribution in [0.2, 0.25) is 0 Å². The Hall–Kier alpha value is -7.36. The van der Waals surface area contributed by atoms with Gasteiger partial charge in [-0.1, -0.05) is 94.4 Å². The summed E-state index contributed by atoms with van der Waals surface area (Å²) >= 11 is 0. The zero-order valence-electron chi connectivity index (χ0n) is 39.8. The summed E-state index contributed by atoms with van der Waals surface area (Å²) in [6, 6.07) is 23.8. The molecule has 0 saturated heterocycles. The van der Waals surface area contributed by atoms with E-state index >= 15 is 0 Å². The number of benzene rings is 4. The van der Waals surface area contributed by atoms with Crippen LogP contribution in [0.4, 0.5) is 0 Å². The van der Waals surface area contributed by atoms with E-state index in [-0.39, 0.29) is 48.3 Å². The van der Waals surface area contributed by atoms with Gasteiger partial charge >= 0.3 is 0 Å². The Morgan fingerprint density at radius 1 is 0.580 bits per heavy atom. The standard InChI is InChI=1S/C53H62N6O10/c1-30(2)24-44(58-48(62)34-17-12-19-37(26-34)68-5)50(64)56-43(47(61)52(66)54-36-22-23-36)28-33-16-10-11-21-39(33)40-29-41(40)55-53(67)46(60)42(25-32-14-8-7-9-15-32)57-51(65)45(31(3)4)59-49(63)35-18-13-20-38(27-35)69-6/h7-21,26-27,30-31,36,40-45H,22-25,28-29H2,1-6H3,(H,54,66)(H,55,67)(H,56,64)(H,57,65)(H,58,62)(H,59,63). The maximum Gasteiger partial charge on any atom is 0.289 e. The van der Waals surface area contributed by atoms with Crippen molar-refractivity contribution in [3.05, 3.63) is 131 Å². The SMILES string of the molecule is COc1cccc(C(=O)NC(CC(C)C)C(=O)NC(Cc2ccccc2C2CC2NC(=O)C(=O)C(Cc2ccccc2)NC(=O)C(NC(=O)c2cccc(OC)c2)C(C)C)C(=O)C(=O)NC2CC2)c1. The van der Waals surface area contributed by atoms with Crippen molar-refractivity contribution in [2.45, 2.75) is 108 Å². The molecule has 364 valence electrons. The Morgan fingerprint density at radius 2 is 1.13 bits per heavy atom. The van der Waals surface area contributed by atoms with Crippen LogP contribution in [0.15, 0.2) is 103 Å². The van der Waals surface area contributed by atoms with Gasteiger partial charge in [0, 0.05) is 42.0 Å². The summed E-state index contributed by atoms with van der Waals surface area (Å²) in [4.78, 5) is 110. The molecule has 2 aliphatic carbocycles. The van der Waals surface area contributed by atoms with Gasteiger partial charge in [0.15, 0.2) is 0 Å². The lowest BCUT2D eigenvalue weighted by atomic mass is 9.94. The number of hydrogen-bond donors (Lipinski definition) is 6. The van der Waals surface area contributed by atoms with Gasteiger partial charge in [-0.05, 0) is 90.6 Å². The molecule has 0 radical (unpaired) electrons. The first-order chi connectivity index (χ1) is 33.0. The lowest BCUT2D eigenvalue weighted by Gasteiger charge is -2.25. The lowest BCUT2D eigenvalue weighted by molar-refractivity contribution is -0.140. The number of hydrogen-bond acceptors (Lipinski definition) is 10. The molecule has 6 N–H and O–H groups in total. The largest absolute Gasteiger partial charge is 0.497 e. The molecule has 2 saturated carbocycles. The molecule has 4 aromatic carbocycles. The fraction of sp³-hybridized carbons (Fsp3) is 0.396. The Morgan fingerprint density at radius 3 is 1.71 bits per heavy atom. The van der Waals surface area contributed by atoms with Gasteiger partial charge in [-0.3, -0.25) is 38.4 Å². The van der Waals surface area contributed by atoms with Crippen molar-refractivity contribution >= 4 is 47.0 Å². The Labute approximate surface area is 402 Å². The van der Waals surface area contributed by atoms with Gasteiger partial charge in [-0.25, -0.2) is 0 Å². The second-order valence-corrected chi connectivity index (χ2v) is 18.4. The van der Waals surface area contributed by atoms with Crippen LogP contribution >= 0.6 is 0 Å². The number of ether oxygens (including phenoxy) is 2. The van der Waals surface area contributed by atoms with Crippen LogP contribution in [0.25, 0.3) is 0 Å². The van der Waals surface area contributed by atoms with Gasteiger partial charge in [0.05, 0.1) is 14.2 Å². The normalized spacial score (nSPS) is 16.7. The van der Waals surface area contributed by atoms with Crippen molar-refractivity contribution in [2.75, 3.05) is 14.2 Å². The molecule has 6 rings (SSSR count). The number of ketones is 2. The van der Waals surface area contributed by atoms with E-state index in [1.807, 2.05) is 26.0 Å². The zero-order chi connectivity index (χ0) is 49.8. The molecule has 0 aliphatic heterocycles. The highest BCUT2D eigenvalue weighted by Gasteiger charge is 2.43. The Kier molecular flexibility index (Phi) is 17.4. The zero-order valence-corrected chi connectivity index (χ0v) is 39.8. The molecular formula is C53H62N6O10. The first-order valence-corrected chi connectivity index (χ1v) is 23.4. The molecule has 2 fully saturated rings. The molecule has 16 heteroatoms. The molecular weight excluding hydrogens is 881 g/mol. The molecule has 69 heavy (non-hydrogen) atoms. The second-order valence-electron chi connectivity index (χ2n) is 18.4. The Balaban J connectivity index is 1.16. The summed E-state index contributed by atoms with van der Waals surface area (Å²) in [6.07, 6.45) is 2.09. The number of carbonyl (C=O) groups is 8. The number of rotatable bonds is 24. The predicted molar refractivity (Wildman–Crippen MR) is 257 cm³/mol. The quantitative estimate of drug-likeness (QED) is 0.0551. The van der Waals surface area contributed by atoms with Crippen molar-refractivity contribution in [2.24, 2.45) is 11.8 Å². The van der Waals surface area contributed by atoms with Crippen LogP contribution in [-0.4, -0.2) is 97.5 Å². The minimum absolute atomic E-state index is 0.00256. The molecule has 0 bridgehead atoms. The minimum Gasteiger partial charge on any atom is -0.497 e. The smallest absolute Gasteiger partial charge is 0.289 e. The van der Waals surface area contributed by atoms with E-state index in [0.29, 0.717) is 29.0 Å². The van der Waals surface area contributed by atoms with Crippen molar-refractivity contribution in [3.8, 4) is 11.5 Å². The molecule has 6 unspecified atom stereocenters. The van der Waals surface area contributed by atoms with Gasteiger partial charge in [-0.15, -0.1) is 0 Å². The van der Waals surface area contributed by atoms with Crippen molar-refractivity contribution in [3.63, 3.8) is 0 Å². The molecule has 4 aromatic rings. The van der Waals surface area contributed by atoms with Crippen LogP contribution in [0.1, 0.15) is 96.7 Å². The van der Waals surface area contributed by atoms with Gasteiger partial charge in [0.2, 0.25) is 23.4 Å².